The zero-order valence-corrected chi connectivity index (χ0v) is 18.4. The second-order valence-corrected chi connectivity index (χ2v) is 10.6. The Labute approximate surface area is 175 Å². The Morgan fingerprint density at radius 2 is 1.86 bits per heavy atom. The molecule has 2 aliphatic carbocycles. The summed E-state index contributed by atoms with van der Waals surface area (Å²) >= 11 is 2.58. The van der Waals surface area contributed by atoms with Crippen molar-refractivity contribution in [3.05, 3.63) is 6.20 Å². The summed E-state index contributed by atoms with van der Waals surface area (Å²) in [6, 6.07) is 0.615. The van der Waals surface area contributed by atoms with E-state index in [0.717, 1.165) is 35.8 Å². The molecule has 1 heterocycles. The van der Waals surface area contributed by atoms with E-state index >= 15 is 0 Å². The first-order valence-corrected chi connectivity index (χ1v) is 12.1. The van der Waals surface area contributed by atoms with Gasteiger partial charge in [-0.15, -0.1) is 11.8 Å². The van der Waals surface area contributed by atoms with Crippen LogP contribution in [0.5, 0.6) is 0 Å². The lowest BCUT2D eigenvalue weighted by molar-refractivity contribution is -0.133. The number of nitrogens with zero attached hydrogens (tertiary/aromatic N) is 2. The van der Waals surface area contributed by atoms with Crippen molar-refractivity contribution in [3.8, 4) is 0 Å². The van der Waals surface area contributed by atoms with E-state index in [1.807, 2.05) is 0 Å². The van der Waals surface area contributed by atoms with E-state index in [9.17, 15) is 9.59 Å². The molecule has 8 heteroatoms. The fraction of sp³-hybridized carbons (Fsp3) is 0.750. The van der Waals surface area contributed by atoms with Gasteiger partial charge in [0.2, 0.25) is 0 Å². The summed E-state index contributed by atoms with van der Waals surface area (Å²) in [4.78, 5) is 30.3. The molecule has 0 aliphatic heterocycles. The monoisotopic (exact) mass is 425 g/mol. The van der Waals surface area contributed by atoms with Gasteiger partial charge in [-0.25, -0.2) is 9.78 Å². The van der Waals surface area contributed by atoms with Gasteiger partial charge in [0, 0.05) is 12.1 Å². The number of carboxylic acid groups (broad SMARTS) is 1. The van der Waals surface area contributed by atoms with E-state index in [1.165, 1.54) is 48.8 Å². The minimum Gasteiger partial charge on any atom is -0.481 e. The van der Waals surface area contributed by atoms with Crippen LogP contribution < -0.4 is 5.32 Å². The van der Waals surface area contributed by atoms with Crippen LogP contribution in [-0.4, -0.2) is 44.8 Å². The molecule has 2 amide bonds. The number of carboxylic acids is 1. The molecule has 28 heavy (non-hydrogen) atoms. The Morgan fingerprint density at radius 1 is 1.21 bits per heavy atom. The molecule has 2 aliphatic rings. The molecule has 0 unspecified atom stereocenters. The van der Waals surface area contributed by atoms with Crippen molar-refractivity contribution in [2.45, 2.75) is 81.5 Å². The molecule has 0 saturated heterocycles. The number of thioether (sulfide) groups is 1. The van der Waals surface area contributed by atoms with Crippen LogP contribution in [-0.2, 0) is 4.79 Å². The fourth-order valence-corrected chi connectivity index (χ4v) is 6.11. The number of rotatable bonds is 7. The normalized spacial score (nSPS) is 23.1. The van der Waals surface area contributed by atoms with Gasteiger partial charge in [-0.05, 0) is 50.4 Å². The lowest BCUT2D eigenvalue weighted by atomic mass is 9.79. The predicted molar refractivity (Wildman–Crippen MR) is 114 cm³/mol. The van der Waals surface area contributed by atoms with Crippen LogP contribution in [0.4, 0.5) is 9.93 Å². The number of urea groups is 1. The van der Waals surface area contributed by atoms with Gasteiger partial charge in [-0.3, -0.25) is 10.1 Å². The molecule has 1 aromatic rings. The van der Waals surface area contributed by atoms with Gasteiger partial charge >= 0.3 is 12.0 Å². The van der Waals surface area contributed by atoms with Crippen molar-refractivity contribution < 1.29 is 14.7 Å². The molecule has 0 bridgehead atoms. The number of thiazole rings is 1. The van der Waals surface area contributed by atoms with E-state index in [2.05, 4.69) is 29.0 Å². The number of amides is 2. The summed E-state index contributed by atoms with van der Waals surface area (Å²) in [7, 11) is 0. The van der Waals surface area contributed by atoms with E-state index < -0.39 is 5.97 Å². The topological polar surface area (TPSA) is 82.5 Å². The third-order valence-corrected chi connectivity index (χ3v) is 8.16. The van der Waals surface area contributed by atoms with Crippen molar-refractivity contribution in [2.75, 3.05) is 11.1 Å². The van der Waals surface area contributed by atoms with Crippen LogP contribution in [0.1, 0.15) is 65.2 Å². The average Bonchev–Trinajstić information content (AvgIpc) is 3.33. The number of carbonyl (C=O) groups is 2. The molecule has 2 N–H and O–H groups in total. The molecule has 1 aromatic heterocycles. The third-order valence-electron chi connectivity index (χ3n) is 6.07. The lowest BCUT2D eigenvalue weighted by Gasteiger charge is -2.41. The van der Waals surface area contributed by atoms with E-state index in [-0.39, 0.29) is 11.8 Å². The van der Waals surface area contributed by atoms with E-state index in [0.29, 0.717) is 23.1 Å². The number of aliphatic carboxylic acids is 1. The van der Waals surface area contributed by atoms with Gasteiger partial charge < -0.3 is 10.0 Å². The van der Waals surface area contributed by atoms with Gasteiger partial charge in [0.1, 0.15) is 0 Å². The summed E-state index contributed by atoms with van der Waals surface area (Å²) in [5.74, 6) is 0.640. The highest BCUT2D eigenvalue weighted by molar-refractivity contribution is 8.01. The van der Waals surface area contributed by atoms with Gasteiger partial charge in [0.25, 0.3) is 0 Å². The molecule has 0 spiro atoms. The van der Waals surface area contributed by atoms with Crippen LogP contribution in [0, 0.1) is 11.8 Å². The zero-order valence-electron chi connectivity index (χ0n) is 16.7. The minimum absolute atomic E-state index is 0.00285. The number of nitrogens with one attached hydrogen (secondary N) is 1. The van der Waals surface area contributed by atoms with Crippen LogP contribution in [0.25, 0.3) is 0 Å². The third kappa shape index (κ3) is 5.63. The maximum atomic E-state index is 13.2. The Hall–Kier alpha value is -1.28. The van der Waals surface area contributed by atoms with Crippen molar-refractivity contribution in [2.24, 2.45) is 11.8 Å². The SMILES string of the molecule is CC(C)[C@H]1CC[C@H](N(C(=O)Nc2ncc(SCC(=O)O)s2)C2CCCC2)CC1. The summed E-state index contributed by atoms with van der Waals surface area (Å²) in [6.07, 6.45) is 10.8. The van der Waals surface area contributed by atoms with Gasteiger partial charge in [-0.1, -0.05) is 38.0 Å². The van der Waals surface area contributed by atoms with Crippen molar-refractivity contribution in [1.82, 2.24) is 9.88 Å². The largest absolute Gasteiger partial charge is 0.481 e. The van der Waals surface area contributed by atoms with E-state index in [1.54, 1.807) is 6.20 Å². The number of aromatic nitrogens is 1. The molecule has 156 valence electrons. The molecule has 0 aromatic carbocycles. The molecular formula is C20H31N3O3S2. The van der Waals surface area contributed by atoms with Gasteiger partial charge in [0.15, 0.2) is 5.13 Å². The van der Waals surface area contributed by atoms with Crippen LogP contribution in [0.2, 0.25) is 0 Å². The van der Waals surface area contributed by atoms with Crippen molar-refractivity contribution in [3.63, 3.8) is 0 Å². The highest BCUT2D eigenvalue weighted by Gasteiger charge is 2.35. The Morgan fingerprint density at radius 3 is 2.46 bits per heavy atom. The smallest absolute Gasteiger partial charge is 0.324 e. The van der Waals surface area contributed by atoms with Crippen LogP contribution in [0.15, 0.2) is 10.4 Å². The molecule has 0 atom stereocenters. The quantitative estimate of drug-likeness (QED) is 0.578. The molecule has 0 radical (unpaired) electrons. The van der Waals surface area contributed by atoms with Crippen molar-refractivity contribution in [1.29, 1.82) is 0 Å². The predicted octanol–water partition coefficient (Wildman–Crippen LogP) is 5.31. The van der Waals surface area contributed by atoms with Crippen LogP contribution in [0.3, 0.4) is 0 Å². The minimum atomic E-state index is -0.853. The van der Waals surface area contributed by atoms with Crippen molar-refractivity contribution >= 4 is 40.2 Å². The highest BCUT2D eigenvalue weighted by atomic mass is 32.2. The van der Waals surface area contributed by atoms with Gasteiger partial charge in [-0.2, -0.15) is 0 Å². The molecule has 2 fully saturated rings. The molecular weight excluding hydrogens is 394 g/mol. The second-order valence-electron chi connectivity index (χ2n) is 8.26. The zero-order chi connectivity index (χ0) is 20.1. The summed E-state index contributed by atoms with van der Waals surface area (Å²) in [5.41, 5.74) is 0. The number of carbonyl (C=O) groups excluding carboxylic acids is 1. The Balaban J connectivity index is 1.63. The van der Waals surface area contributed by atoms with Crippen LogP contribution >= 0.6 is 23.1 Å². The van der Waals surface area contributed by atoms with E-state index in [4.69, 9.17) is 5.11 Å². The Kier molecular flexibility index (Phi) is 7.62. The average molecular weight is 426 g/mol. The summed E-state index contributed by atoms with van der Waals surface area (Å²) in [6.45, 7) is 4.60. The maximum absolute atomic E-state index is 13.2. The molecule has 2 saturated carbocycles. The number of anilines is 1. The first kappa shape index (κ1) is 21.4. The lowest BCUT2D eigenvalue weighted by Crippen LogP contribution is -2.49. The first-order valence-electron chi connectivity index (χ1n) is 10.3. The molecule has 6 nitrogen and oxygen atoms in total. The van der Waals surface area contributed by atoms with Gasteiger partial charge in [0.05, 0.1) is 16.2 Å². The second kappa shape index (κ2) is 9.96. The highest BCUT2D eigenvalue weighted by Crippen LogP contribution is 2.36. The maximum Gasteiger partial charge on any atom is 0.324 e. The summed E-state index contributed by atoms with van der Waals surface area (Å²) in [5, 5.41) is 12.3. The Bertz CT molecular complexity index is 665. The number of hydrogen-bond acceptors (Lipinski definition) is 5. The standard InChI is InChI=1S/C20H31N3O3S2/c1-13(2)14-7-9-16(10-8-14)23(15-5-3-4-6-15)20(26)22-19-21-11-18(28-19)27-12-17(24)25/h11,13-16H,3-10,12H2,1-2H3,(H,24,25)(H,21,22,26)/t14-,16-. The molecule has 3 rings (SSSR count). The number of hydrogen-bond donors (Lipinski definition) is 2. The fourth-order valence-electron chi connectivity index (χ4n) is 4.53. The summed E-state index contributed by atoms with van der Waals surface area (Å²) < 4.78 is 0.808. The first-order chi connectivity index (χ1) is 13.4.